The fourth-order valence-corrected chi connectivity index (χ4v) is 2.17. The van der Waals surface area contributed by atoms with E-state index >= 15 is 0 Å². The largest absolute Gasteiger partial charge is 0.490 e. The molecule has 2 aliphatic rings. The summed E-state index contributed by atoms with van der Waals surface area (Å²) in [5.74, 6) is 0.677. The summed E-state index contributed by atoms with van der Waals surface area (Å²) in [5, 5.41) is 0. The zero-order chi connectivity index (χ0) is 10.1. The second kappa shape index (κ2) is 3.48. The molecule has 3 heteroatoms. The van der Waals surface area contributed by atoms with Gasteiger partial charge >= 0.3 is 5.97 Å². The topological polar surface area (TPSA) is 35.5 Å². The summed E-state index contributed by atoms with van der Waals surface area (Å²) in [6.07, 6.45) is 6.18. The molecule has 0 N–H and O–H groups in total. The van der Waals surface area contributed by atoms with Gasteiger partial charge in [0.15, 0.2) is 0 Å². The Kier molecular flexibility index (Phi) is 2.32. The summed E-state index contributed by atoms with van der Waals surface area (Å²) in [6.45, 7) is 1.83. The third-order valence-corrected chi connectivity index (χ3v) is 2.83. The Morgan fingerprint density at radius 3 is 3.14 bits per heavy atom. The average Bonchev–Trinajstić information content (AvgIpc) is 2.53. The first-order valence-corrected chi connectivity index (χ1v) is 4.86. The number of allylic oxidation sites excluding steroid dienone is 2. The highest BCUT2D eigenvalue weighted by Crippen LogP contribution is 2.37. The van der Waals surface area contributed by atoms with E-state index in [4.69, 9.17) is 9.47 Å². The maximum atomic E-state index is 11.5. The molecule has 1 aliphatic carbocycles. The molecule has 14 heavy (non-hydrogen) atoms. The molecule has 1 aliphatic heterocycles. The van der Waals surface area contributed by atoms with E-state index in [1.807, 2.05) is 13.0 Å². The van der Waals surface area contributed by atoms with Crippen LogP contribution in [-0.2, 0) is 14.3 Å². The minimum atomic E-state index is -0.245. The Balaban J connectivity index is 2.26. The van der Waals surface area contributed by atoms with E-state index in [0.717, 1.165) is 24.2 Å². The predicted octanol–water partition coefficient (Wildman–Crippen LogP) is 1.80. The molecule has 0 saturated carbocycles. The number of methoxy groups -OCH3 is 1. The Bertz CT molecular complexity index is 314. The van der Waals surface area contributed by atoms with E-state index in [1.165, 1.54) is 7.11 Å². The quantitative estimate of drug-likeness (QED) is 0.471. The molecule has 3 nitrogen and oxygen atoms in total. The number of esters is 1. The van der Waals surface area contributed by atoms with Crippen LogP contribution < -0.4 is 0 Å². The molecule has 0 bridgehead atoms. The first-order valence-electron chi connectivity index (χ1n) is 4.86. The van der Waals surface area contributed by atoms with Crippen molar-refractivity contribution >= 4 is 5.97 Å². The molecular weight excluding hydrogens is 180 g/mol. The van der Waals surface area contributed by atoms with Crippen molar-refractivity contribution in [3.63, 3.8) is 0 Å². The summed E-state index contributed by atoms with van der Waals surface area (Å²) >= 11 is 0. The van der Waals surface area contributed by atoms with E-state index in [9.17, 15) is 4.79 Å². The van der Waals surface area contributed by atoms with Crippen LogP contribution in [0, 0.1) is 5.92 Å². The third kappa shape index (κ3) is 1.33. The normalized spacial score (nSPS) is 29.9. The number of rotatable bonds is 1. The highest BCUT2D eigenvalue weighted by atomic mass is 16.5. The second-order valence-corrected chi connectivity index (χ2v) is 3.66. The van der Waals surface area contributed by atoms with Crippen molar-refractivity contribution in [2.24, 2.45) is 5.92 Å². The van der Waals surface area contributed by atoms with Gasteiger partial charge in [-0.1, -0.05) is 6.08 Å². The summed E-state index contributed by atoms with van der Waals surface area (Å²) in [5.41, 5.74) is 0.724. The van der Waals surface area contributed by atoms with Gasteiger partial charge in [0.05, 0.1) is 12.7 Å². The van der Waals surface area contributed by atoms with Crippen LogP contribution in [0.15, 0.2) is 23.5 Å². The molecule has 76 valence electrons. The van der Waals surface area contributed by atoms with Gasteiger partial charge in [-0.3, -0.25) is 0 Å². The molecule has 0 fully saturated rings. The minimum absolute atomic E-state index is 0.0536. The predicted molar refractivity (Wildman–Crippen MR) is 51.5 cm³/mol. The Hall–Kier alpha value is -1.25. The van der Waals surface area contributed by atoms with E-state index in [1.54, 1.807) is 0 Å². The number of carbonyl (C=O) groups is 1. The number of hydrogen-bond acceptors (Lipinski definition) is 3. The van der Waals surface area contributed by atoms with Crippen molar-refractivity contribution in [3.05, 3.63) is 23.5 Å². The van der Waals surface area contributed by atoms with Gasteiger partial charge < -0.3 is 9.47 Å². The van der Waals surface area contributed by atoms with Gasteiger partial charge in [0, 0.05) is 5.92 Å². The van der Waals surface area contributed by atoms with Crippen molar-refractivity contribution in [2.75, 3.05) is 7.11 Å². The lowest BCUT2D eigenvalue weighted by Crippen LogP contribution is -2.22. The van der Waals surface area contributed by atoms with Gasteiger partial charge in [-0.25, -0.2) is 4.79 Å². The minimum Gasteiger partial charge on any atom is -0.490 e. The molecule has 2 atom stereocenters. The lowest BCUT2D eigenvalue weighted by Gasteiger charge is -2.20. The molecular formula is C11H14O3. The third-order valence-electron chi connectivity index (χ3n) is 2.83. The van der Waals surface area contributed by atoms with E-state index in [0.29, 0.717) is 0 Å². The molecule has 0 radical (unpaired) electrons. The fourth-order valence-electron chi connectivity index (χ4n) is 2.17. The SMILES string of the molecule is COC(=O)C1=C(C)OC2C=CCCC12. The van der Waals surface area contributed by atoms with Crippen LogP contribution in [0.4, 0.5) is 0 Å². The summed E-state index contributed by atoms with van der Waals surface area (Å²) < 4.78 is 10.3. The smallest absolute Gasteiger partial charge is 0.337 e. The molecule has 0 amide bonds. The van der Waals surface area contributed by atoms with Crippen LogP contribution in [0.5, 0.6) is 0 Å². The van der Waals surface area contributed by atoms with Crippen molar-refractivity contribution < 1.29 is 14.3 Å². The molecule has 0 aromatic carbocycles. The van der Waals surface area contributed by atoms with Crippen LogP contribution >= 0.6 is 0 Å². The molecule has 0 spiro atoms. The molecule has 0 aromatic rings. The van der Waals surface area contributed by atoms with Crippen LogP contribution in [0.1, 0.15) is 19.8 Å². The number of fused-ring (bicyclic) bond motifs is 1. The van der Waals surface area contributed by atoms with Crippen LogP contribution in [-0.4, -0.2) is 19.2 Å². The van der Waals surface area contributed by atoms with Gasteiger partial charge in [0.2, 0.25) is 0 Å². The van der Waals surface area contributed by atoms with E-state index < -0.39 is 0 Å². The fraction of sp³-hybridized carbons (Fsp3) is 0.545. The average molecular weight is 194 g/mol. The first kappa shape index (κ1) is 9.31. The van der Waals surface area contributed by atoms with Gasteiger partial charge in [-0.15, -0.1) is 0 Å². The summed E-state index contributed by atoms with van der Waals surface area (Å²) in [4.78, 5) is 11.5. The number of carbonyl (C=O) groups excluding carboxylic acids is 1. The van der Waals surface area contributed by atoms with Gasteiger partial charge in [0.1, 0.15) is 11.9 Å². The Morgan fingerprint density at radius 1 is 1.64 bits per heavy atom. The van der Waals surface area contributed by atoms with Crippen LogP contribution in [0.25, 0.3) is 0 Å². The molecule has 2 rings (SSSR count). The van der Waals surface area contributed by atoms with Gasteiger partial charge in [0.25, 0.3) is 0 Å². The molecule has 2 unspecified atom stereocenters. The second-order valence-electron chi connectivity index (χ2n) is 3.66. The van der Waals surface area contributed by atoms with E-state index in [-0.39, 0.29) is 18.0 Å². The number of ether oxygens (including phenoxy) is 2. The zero-order valence-corrected chi connectivity index (χ0v) is 8.45. The number of hydrogen-bond donors (Lipinski definition) is 0. The molecule has 1 heterocycles. The van der Waals surface area contributed by atoms with Crippen molar-refractivity contribution in [1.29, 1.82) is 0 Å². The Morgan fingerprint density at radius 2 is 2.43 bits per heavy atom. The maximum Gasteiger partial charge on any atom is 0.337 e. The van der Waals surface area contributed by atoms with Crippen molar-refractivity contribution in [2.45, 2.75) is 25.9 Å². The highest BCUT2D eigenvalue weighted by Gasteiger charge is 2.38. The van der Waals surface area contributed by atoms with Crippen molar-refractivity contribution in [1.82, 2.24) is 0 Å². The van der Waals surface area contributed by atoms with Gasteiger partial charge in [-0.2, -0.15) is 0 Å². The van der Waals surface area contributed by atoms with E-state index in [2.05, 4.69) is 6.08 Å². The lowest BCUT2D eigenvalue weighted by atomic mass is 9.86. The molecule has 0 saturated heterocycles. The Labute approximate surface area is 83.4 Å². The standard InChI is InChI=1S/C11H14O3/c1-7-10(11(12)13-2)8-5-3-4-6-9(8)14-7/h4,6,8-9H,3,5H2,1-2H3. The maximum absolute atomic E-state index is 11.5. The zero-order valence-electron chi connectivity index (χ0n) is 8.45. The van der Waals surface area contributed by atoms with Gasteiger partial charge in [-0.05, 0) is 25.8 Å². The van der Waals surface area contributed by atoms with Crippen LogP contribution in [0.3, 0.4) is 0 Å². The summed E-state index contributed by atoms with van der Waals surface area (Å²) in [6, 6.07) is 0. The van der Waals surface area contributed by atoms with Crippen molar-refractivity contribution in [3.8, 4) is 0 Å². The monoisotopic (exact) mass is 194 g/mol. The summed E-state index contributed by atoms with van der Waals surface area (Å²) in [7, 11) is 1.41. The molecule has 0 aromatic heterocycles. The van der Waals surface area contributed by atoms with Crippen LogP contribution in [0.2, 0.25) is 0 Å². The highest BCUT2D eigenvalue weighted by molar-refractivity contribution is 5.90. The first-order chi connectivity index (χ1) is 6.74. The lowest BCUT2D eigenvalue weighted by molar-refractivity contribution is -0.136.